The molecule has 6 aliphatic rings. The Kier molecular flexibility index (Phi) is 10.7. The van der Waals surface area contributed by atoms with Gasteiger partial charge in [0, 0.05) is 32.9 Å². The summed E-state index contributed by atoms with van der Waals surface area (Å²) < 4.78 is 2.24. The van der Waals surface area contributed by atoms with Gasteiger partial charge in [-0.15, -0.1) is 35.1 Å². The van der Waals surface area contributed by atoms with Crippen LogP contribution in [0.4, 0.5) is 0 Å². The first kappa shape index (κ1) is 35.0. The van der Waals surface area contributed by atoms with Crippen molar-refractivity contribution in [1.29, 1.82) is 0 Å². The van der Waals surface area contributed by atoms with E-state index < -0.39 is 5.97 Å². The first-order chi connectivity index (χ1) is 21.4. The van der Waals surface area contributed by atoms with Crippen molar-refractivity contribution in [3.8, 4) is 0 Å². The van der Waals surface area contributed by atoms with Crippen LogP contribution in [0.3, 0.4) is 0 Å². The summed E-state index contributed by atoms with van der Waals surface area (Å²) in [7, 11) is 0. The van der Waals surface area contributed by atoms with E-state index in [0.717, 1.165) is 26.8 Å². The number of fused-ring (bicyclic) bond motifs is 8. The van der Waals surface area contributed by atoms with E-state index in [1.807, 2.05) is 36.4 Å². The molecule has 0 aliphatic carbocycles. The van der Waals surface area contributed by atoms with Gasteiger partial charge in [-0.05, 0) is 132 Å². The molecule has 9 heteroatoms. The van der Waals surface area contributed by atoms with E-state index >= 15 is 0 Å². The smallest absolute Gasteiger partial charge is 0.345 e. The Hall–Kier alpha value is -2.33. The van der Waals surface area contributed by atoms with E-state index in [-0.39, 0.29) is 23.5 Å². The van der Waals surface area contributed by atoms with Crippen LogP contribution in [0, 0.1) is 17.8 Å². The number of benzene rings is 2. The molecule has 4 bridgehead atoms. The van der Waals surface area contributed by atoms with Crippen molar-refractivity contribution in [3.05, 3.63) is 70.4 Å². The zero-order chi connectivity index (χ0) is 31.9. The lowest BCUT2D eigenvalue weighted by molar-refractivity contribution is -0.0643. The summed E-state index contributed by atoms with van der Waals surface area (Å²) >= 11 is 2.96. The van der Waals surface area contributed by atoms with Gasteiger partial charge in [-0.3, -0.25) is 14.6 Å². The molecule has 0 spiro atoms. The molecule has 2 atom stereocenters. The van der Waals surface area contributed by atoms with Crippen LogP contribution in [0.25, 0.3) is 20.2 Å². The SMILES string of the molecule is CC1(C)[C@H](CC(=O)c2cc3ccccc3s2)C2CCN1CC2.CC1(C)[C@H](N)C2CCN1CC2.Cl.O=C(O)c1cc2ccccc2s1. The Morgan fingerprint density at radius 2 is 1.22 bits per heavy atom. The van der Waals surface area contributed by atoms with Gasteiger partial charge in [0.05, 0.1) is 4.88 Å². The number of hydrogen-bond acceptors (Lipinski definition) is 7. The number of nitrogens with two attached hydrogens (primary N) is 1. The molecule has 6 fully saturated rings. The molecule has 0 saturated carbocycles. The number of piperidine rings is 6. The van der Waals surface area contributed by atoms with Crippen molar-refractivity contribution in [2.75, 3.05) is 26.2 Å². The number of aromatic carboxylic acids is 1. The Morgan fingerprint density at radius 1 is 0.761 bits per heavy atom. The van der Waals surface area contributed by atoms with Gasteiger partial charge >= 0.3 is 5.97 Å². The maximum Gasteiger partial charge on any atom is 0.345 e. The van der Waals surface area contributed by atoms with Crippen LogP contribution in [0.5, 0.6) is 0 Å². The Balaban J connectivity index is 0.000000147. The summed E-state index contributed by atoms with van der Waals surface area (Å²) in [5.41, 5.74) is 6.60. The third-order valence-electron chi connectivity index (χ3n) is 11.3. The van der Waals surface area contributed by atoms with E-state index in [4.69, 9.17) is 10.8 Å². The lowest BCUT2D eigenvalue weighted by Crippen LogP contribution is -2.67. The van der Waals surface area contributed by atoms with Crippen LogP contribution < -0.4 is 5.73 Å². The minimum atomic E-state index is -0.851. The van der Waals surface area contributed by atoms with Crippen molar-refractivity contribution < 1.29 is 14.7 Å². The monoisotopic (exact) mass is 681 g/mol. The van der Waals surface area contributed by atoms with E-state index in [1.54, 1.807) is 17.4 Å². The molecule has 0 radical (unpaired) electrons. The number of ketones is 1. The van der Waals surface area contributed by atoms with Crippen LogP contribution in [0.2, 0.25) is 0 Å². The molecular formula is C37H48ClN3O3S2. The molecule has 8 heterocycles. The van der Waals surface area contributed by atoms with E-state index in [9.17, 15) is 9.59 Å². The number of carbonyl (C=O) groups is 2. The summed E-state index contributed by atoms with van der Waals surface area (Å²) in [5.74, 6) is 1.53. The second-order valence-corrected chi connectivity index (χ2v) is 16.5. The molecule has 46 heavy (non-hydrogen) atoms. The summed E-state index contributed by atoms with van der Waals surface area (Å²) in [6.07, 6.45) is 5.90. The van der Waals surface area contributed by atoms with Crippen LogP contribution >= 0.6 is 35.1 Å². The predicted molar refractivity (Wildman–Crippen MR) is 195 cm³/mol. The fourth-order valence-electron chi connectivity index (χ4n) is 8.24. The van der Waals surface area contributed by atoms with Crippen molar-refractivity contribution >= 4 is 67.0 Å². The first-order valence-corrected chi connectivity index (χ1v) is 18.1. The Labute approximate surface area is 287 Å². The van der Waals surface area contributed by atoms with Crippen molar-refractivity contribution in [3.63, 3.8) is 0 Å². The number of carboxylic acids is 1. The Bertz CT molecular complexity index is 1590. The zero-order valence-electron chi connectivity index (χ0n) is 27.4. The average molecular weight is 682 g/mol. The molecule has 2 aromatic heterocycles. The summed E-state index contributed by atoms with van der Waals surface area (Å²) in [5, 5.41) is 10.9. The molecule has 6 aliphatic heterocycles. The van der Waals surface area contributed by atoms with Gasteiger partial charge in [-0.2, -0.15) is 0 Å². The van der Waals surface area contributed by atoms with Crippen LogP contribution in [0.1, 0.15) is 79.1 Å². The third kappa shape index (κ3) is 6.94. The second-order valence-electron chi connectivity index (χ2n) is 14.3. The average Bonchev–Trinajstić information content (AvgIpc) is 3.68. The maximum absolute atomic E-state index is 12.8. The highest BCUT2D eigenvalue weighted by molar-refractivity contribution is 7.21. The van der Waals surface area contributed by atoms with Gasteiger partial charge in [0.2, 0.25) is 0 Å². The highest BCUT2D eigenvalue weighted by atomic mass is 35.5. The van der Waals surface area contributed by atoms with Crippen molar-refractivity contribution in [2.24, 2.45) is 23.5 Å². The molecular weight excluding hydrogens is 634 g/mol. The Morgan fingerprint density at radius 3 is 1.65 bits per heavy atom. The number of thiophene rings is 2. The van der Waals surface area contributed by atoms with Gasteiger partial charge in [-0.1, -0.05) is 36.4 Å². The van der Waals surface area contributed by atoms with E-state index in [2.05, 4.69) is 55.7 Å². The number of hydrogen-bond donors (Lipinski definition) is 2. The molecule has 10 rings (SSSR count). The van der Waals surface area contributed by atoms with Gasteiger partial charge < -0.3 is 10.8 Å². The molecule has 4 aromatic rings. The lowest BCUT2D eigenvalue weighted by Gasteiger charge is -2.56. The number of carbonyl (C=O) groups excluding carboxylic acids is 1. The maximum atomic E-state index is 12.8. The lowest BCUT2D eigenvalue weighted by atomic mass is 9.65. The standard InChI is InChI=1S/C19H23NOS.C9H18N2.C9H6O2S.ClH/c1-19(2)15(13-7-9-20(19)10-8-13)12-16(21)18-11-14-5-3-4-6-17(14)22-18;1-9(2)8(10)7-3-5-11(9)6-4-7;10-9(11)8-5-6-3-1-2-4-7(6)12-8;/h3-6,11,13,15H,7-10,12H2,1-2H3;7-8H,3-6,10H2,1-2H3;1-5H,(H,10,11);1H/t15-;8-;;/m11../s1. The number of carboxylic acid groups (broad SMARTS) is 1. The first-order valence-electron chi connectivity index (χ1n) is 16.4. The van der Waals surface area contributed by atoms with Crippen molar-refractivity contribution in [2.45, 2.75) is 76.9 Å². The highest BCUT2D eigenvalue weighted by Crippen LogP contribution is 2.46. The zero-order valence-corrected chi connectivity index (χ0v) is 29.9. The topological polar surface area (TPSA) is 86.9 Å². The number of nitrogens with zero attached hydrogens (tertiary/aromatic N) is 2. The summed E-state index contributed by atoms with van der Waals surface area (Å²) in [6, 6.07) is 20.1. The minimum absolute atomic E-state index is 0. The summed E-state index contributed by atoms with van der Waals surface area (Å²) in [4.78, 5) is 29.9. The van der Waals surface area contributed by atoms with Gasteiger partial charge in [-0.25, -0.2) is 4.79 Å². The molecule has 3 N–H and O–H groups in total. The summed E-state index contributed by atoms with van der Waals surface area (Å²) in [6.45, 7) is 14.2. The van der Waals surface area contributed by atoms with Crippen LogP contribution in [0.15, 0.2) is 60.7 Å². The van der Waals surface area contributed by atoms with Crippen LogP contribution in [-0.4, -0.2) is 70.0 Å². The van der Waals surface area contributed by atoms with E-state index in [0.29, 0.717) is 29.0 Å². The molecule has 0 unspecified atom stereocenters. The quantitative estimate of drug-likeness (QED) is 0.210. The third-order valence-corrected chi connectivity index (χ3v) is 13.5. The van der Waals surface area contributed by atoms with E-state index in [1.165, 1.54) is 73.3 Å². The van der Waals surface area contributed by atoms with Gasteiger partial charge in [0.15, 0.2) is 5.78 Å². The van der Waals surface area contributed by atoms with Crippen LogP contribution in [-0.2, 0) is 0 Å². The fraction of sp³-hybridized carbons (Fsp3) is 0.514. The molecule has 6 nitrogen and oxygen atoms in total. The molecule has 2 aromatic carbocycles. The second kappa shape index (κ2) is 14.0. The molecule has 0 amide bonds. The largest absolute Gasteiger partial charge is 0.477 e. The normalized spacial score (nSPS) is 28.4. The highest BCUT2D eigenvalue weighted by Gasteiger charge is 2.48. The molecule has 248 valence electrons. The number of rotatable bonds is 4. The number of halogens is 1. The molecule has 6 saturated heterocycles. The van der Waals surface area contributed by atoms with Gasteiger partial charge in [0.1, 0.15) is 4.88 Å². The fourth-order valence-corrected chi connectivity index (χ4v) is 10.1. The minimum Gasteiger partial charge on any atom is -0.477 e. The number of Topliss-reactive ketones (excluding diaryl/α,β-unsaturated/α-hetero) is 1. The van der Waals surface area contributed by atoms with Crippen molar-refractivity contribution in [1.82, 2.24) is 9.80 Å². The van der Waals surface area contributed by atoms with Gasteiger partial charge in [0.25, 0.3) is 0 Å². The predicted octanol–water partition coefficient (Wildman–Crippen LogP) is 8.43.